The van der Waals surface area contributed by atoms with E-state index >= 15 is 0 Å². The quantitative estimate of drug-likeness (QED) is 0.742. The molecule has 2 N–H and O–H groups in total. The maximum Gasteiger partial charge on any atom is 0.261 e. The van der Waals surface area contributed by atoms with Crippen molar-refractivity contribution < 1.29 is 17.9 Å². The number of benzene rings is 2. The van der Waals surface area contributed by atoms with Crippen LogP contribution in [0.25, 0.3) is 0 Å². The number of hydrogen-bond donors (Lipinski definition) is 2. The van der Waals surface area contributed by atoms with Crippen LogP contribution >= 0.6 is 0 Å². The third-order valence-electron chi connectivity index (χ3n) is 3.55. The molecular formula is C19H24N2O4S. The Morgan fingerprint density at radius 1 is 1.04 bits per heavy atom. The fourth-order valence-corrected chi connectivity index (χ4v) is 3.47. The Morgan fingerprint density at radius 2 is 1.65 bits per heavy atom. The number of carbonyl (C=O) groups excluding carboxylic acids is 1. The Labute approximate surface area is 154 Å². The van der Waals surface area contributed by atoms with E-state index in [4.69, 9.17) is 4.74 Å². The number of nitrogens with one attached hydrogen (secondary N) is 2. The zero-order valence-electron chi connectivity index (χ0n) is 15.2. The highest BCUT2D eigenvalue weighted by atomic mass is 32.2. The topological polar surface area (TPSA) is 84.5 Å². The van der Waals surface area contributed by atoms with E-state index in [0.717, 1.165) is 17.5 Å². The fourth-order valence-electron chi connectivity index (χ4n) is 2.43. The third kappa shape index (κ3) is 5.77. The summed E-state index contributed by atoms with van der Waals surface area (Å²) in [4.78, 5) is 11.6. The van der Waals surface area contributed by atoms with E-state index in [9.17, 15) is 13.2 Å². The number of ether oxygens (including phenoxy) is 1. The lowest BCUT2D eigenvalue weighted by atomic mass is 10.1. The summed E-state index contributed by atoms with van der Waals surface area (Å²) in [5.41, 5.74) is 2.48. The van der Waals surface area contributed by atoms with Gasteiger partial charge in [-0.1, -0.05) is 13.0 Å². The van der Waals surface area contributed by atoms with Crippen LogP contribution in [0.2, 0.25) is 0 Å². The van der Waals surface area contributed by atoms with Crippen LogP contribution in [0.4, 0.5) is 5.69 Å². The van der Waals surface area contributed by atoms with Gasteiger partial charge in [0.2, 0.25) is 0 Å². The van der Waals surface area contributed by atoms with Crippen LogP contribution in [0.1, 0.15) is 24.5 Å². The van der Waals surface area contributed by atoms with Crippen molar-refractivity contribution >= 4 is 21.6 Å². The number of carbonyl (C=O) groups is 1. The van der Waals surface area contributed by atoms with Crippen molar-refractivity contribution in [3.63, 3.8) is 0 Å². The number of amides is 1. The van der Waals surface area contributed by atoms with Gasteiger partial charge in [0.15, 0.2) is 6.61 Å². The van der Waals surface area contributed by atoms with Gasteiger partial charge in [-0.3, -0.25) is 9.52 Å². The van der Waals surface area contributed by atoms with Crippen LogP contribution < -0.4 is 14.8 Å². The molecule has 0 saturated carbocycles. The molecular weight excluding hydrogens is 352 g/mol. The molecule has 2 aromatic rings. The van der Waals surface area contributed by atoms with Crippen LogP contribution in [0.3, 0.4) is 0 Å². The molecule has 0 fully saturated rings. The molecule has 0 heterocycles. The second-order valence-corrected chi connectivity index (χ2v) is 7.77. The van der Waals surface area contributed by atoms with Gasteiger partial charge in [0.1, 0.15) is 5.75 Å². The predicted octanol–water partition coefficient (Wildman–Crippen LogP) is 3.01. The van der Waals surface area contributed by atoms with Crippen LogP contribution in [-0.2, 0) is 14.8 Å². The molecule has 0 saturated heterocycles. The largest absolute Gasteiger partial charge is 0.484 e. The summed E-state index contributed by atoms with van der Waals surface area (Å²) >= 11 is 0. The molecule has 2 aromatic carbocycles. The third-order valence-corrected chi connectivity index (χ3v) is 4.95. The first kappa shape index (κ1) is 19.8. The monoisotopic (exact) mass is 376 g/mol. The minimum Gasteiger partial charge on any atom is -0.484 e. The van der Waals surface area contributed by atoms with Gasteiger partial charge in [-0.2, -0.15) is 0 Å². The van der Waals surface area contributed by atoms with Crippen LogP contribution in [-0.4, -0.2) is 27.5 Å². The van der Waals surface area contributed by atoms with Gasteiger partial charge in [0, 0.05) is 12.2 Å². The van der Waals surface area contributed by atoms with E-state index in [1.165, 1.54) is 24.3 Å². The Kier molecular flexibility index (Phi) is 6.63. The molecule has 140 valence electrons. The van der Waals surface area contributed by atoms with Crippen molar-refractivity contribution in [3.05, 3.63) is 53.6 Å². The molecule has 1 amide bonds. The molecule has 0 bridgehead atoms. The first-order chi connectivity index (χ1) is 12.3. The average Bonchev–Trinajstić information content (AvgIpc) is 2.57. The first-order valence-electron chi connectivity index (χ1n) is 8.41. The summed E-state index contributed by atoms with van der Waals surface area (Å²) in [5, 5.41) is 2.70. The van der Waals surface area contributed by atoms with Crippen molar-refractivity contribution in [2.45, 2.75) is 32.1 Å². The van der Waals surface area contributed by atoms with Crippen molar-refractivity contribution in [2.75, 3.05) is 17.9 Å². The van der Waals surface area contributed by atoms with Gasteiger partial charge < -0.3 is 10.1 Å². The summed E-state index contributed by atoms with van der Waals surface area (Å²) in [6, 6.07) is 11.5. The second-order valence-electron chi connectivity index (χ2n) is 6.09. The maximum atomic E-state index is 12.5. The zero-order valence-corrected chi connectivity index (χ0v) is 16.0. The zero-order chi connectivity index (χ0) is 19.2. The fraction of sp³-hybridized carbons (Fsp3) is 0.316. The van der Waals surface area contributed by atoms with Crippen LogP contribution in [0.15, 0.2) is 47.4 Å². The lowest BCUT2D eigenvalue weighted by Gasteiger charge is -2.11. The van der Waals surface area contributed by atoms with E-state index in [2.05, 4.69) is 10.0 Å². The Hall–Kier alpha value is -2.54. The maximum absolute atomic E-state index is 12.5. The van der Waals surface area contributed by atoms with Crippen LogP contribution in [0, 0.1) is 13.8 Å². The molecule has 0 radical (unpaired) electrons. The van der Waals surface area contributed by atoms with E-state index in [0.29, 0.717) is 18.0 Å². The first-order valence-corrected chi connectivity index (χ1v) is 9.89. The number of aryl methyl sites for hydroxylation is 2. The van der Waals surface area contributed by atoms with E-state index in [1.54, 1.807) is 12.1 Å². The molecule has 0 unspecified atom stereocenters. The smallest absolute Gasteiger partial charge is 0.261 e. The number of sulfonamides is 1. The lowest BCUT2D eigenvalue weighted by molar-refractivity contribution is -0.123. The van der Waals surface area contributed by atoms with E-state index in [-0.39, 0.29) is 17.4 Å². The highest BCUT2D eigenvalue weighted by Crippen LogP contribution is 2.21. The lowest BCUT2D eigenvalue weighted by Crippen LogP contribution is -2.29. The minimum atomic E-state index is -3.69. The molecule has 0 aliphatic rings. The molecule has 0 atom stereocenters. The van der Waals surface area contributed by atoms with Gasteiger partial charge in [-0.25, -0.2) is 8.42 Å². The van der Waals surface area contributed by atoms with Gasteiger partial charge in [-0.05, 0) is 67.8 Å². The van der Waals surface area contributed by atoms with Crippen molar-refractivity contribution in [1.82, 2.24) is 5.32 Å². The highest BCUT2D eigenvalue weighted by molar-refractivity contribution is 7.92. The van der Waals surface area contributed by atoms with Gasteiger partial charge in [0.25, 0.3) is 15.9 Å². The normalized spacial score (nSPS) is 11.0. The number of hydrogen-bond acceptors (Lipinski definition) is 4. The van der Waals surface area contributed by atoms with Crippen LogP contribution in [0.5, 0.6) is 5.75 Å². The average molecular weight is 376 g/mol. The molecule has 26 heavy (non-hydrogen) atoms. The number of anilines is 1. The van der Waals surface area contributed by atoms with E-state index < -0.39 is 10.0 Å². The summed E-state index contributed by atoms with van der Waals surface area (Å²) in [7, 11) is -3.69. The van der Waals surface area contributed by atoms with E-state index in [1.807, 2.05) is 26.8 Å². The van der Waals surface area contributed by atoms with Gasteiger partial charge >= 0.3 is 0 Å². The van der Waals surface area contributed by atoms with Gasteiger partial charge in [0.05, 0.1) is 4.90 Å². The summed E-state index contributed by atoms with van der Waals surface area (Å²) < 4.78 is 32.9. The Morgan fingerprint density at radius 3 is 2.23 bits per heavy atom. The molecule has 6 nitrogen and oxygen atoms in total. The Bertz CT molecular complexity index is 841. The SMILES string of the molecule is CCCNC(=O)COc1ccc(S(=O)(=O)Nc2cc(C)cc(C)c2)cc1. The molecule has 0 aliphatic heterocycles. The number of rotatable bonds is 8. The molecule has 0 spiro atoms. The van der Waals surface area contributed by atoms with Crippen molar-refractivity contribution in [1.29, 1.82) is 0 Å². The molecule has 0 aromatic heterocycles. The summed E-state index contributed by atoms with van der Waals surface area (Å²) in [6.07, 6.45) is 0.853. The van der Waals surface area contributed by atoms with Crippen molar-refractivity contribution in [2.24, 2.45) is 0 Å². The highest BCUT2D eigenvalue weighted by Gasteiger charge is 2.15. The standard InChI is InChI=1S/C19H24N2O4S/c1-4-9-20-19(22)13-25-17-5-7-18(8-6-17)26(23,24)21-16-11-14(2)10-15(3)12-16/h5-8,10-12,21H,4,9,13H2,1-3H3,(H,20,22). The molecule has 7 heteroatoms. The summed E-state index contributed by atoms with van der Waals surface area (Å²) in [5.74, 6) is 0.224. The second kappa shape index (κ2) is 8.71. The molecule has 2 rings (SSSR count). The van der Waals surface area contributed by atoms with Gasteiger partial charge in [-0.15, -0.1) is 0 Å². The minimum absolute atomic E-state index is 0.104. The Balaban J connectivity index is 2.03. The van der Waals surface area contributed by atoms with Crippen molar-refractivity contribution in [3.8, 4) is 5.75 Å². The summed E-state index contributed by atoms with van der Waals surface area (Å²) in [6.45, 7) is 6.28. The predicted molar refractivity (Wildman–Crippen MR) is 102 cm³/mol. The molecule has 0 aliphatic carbocycles.